The number of carbonyl (C=O) groups excluding carboxylic acids is 1. The van der Waals surface area contributed by atoms with Gasteiger partial charge in [-0.3, -0.25) is 9.52 Å². The summed E-state index contributed by atoms with van der Waals surface area (Å²) in [5.41, 5.74) is 1.74. The first-order valence-corrected chi connectivity index (χ1v) is 9.76. The molecule has 134 valence electrons. The number of nitrogens with zero attached hydrogens (tertiary/aromatic N) is 2. The minimum atomic E-state index is -3.81. The molecule has 0 unspecified atom stereocenters. The minimum absolute atomic E-state index is 0.00208. The van der Waals surface area contributed by atoms with E-state index in [4.69, 9.17) is 5.26 Å². The molecule has 1 saturated carbocycles. The van der Waals surface area contributed by atoms with Crippen molar-refractivity contribution in [3.05, 3.63) is 59.7 Å². The maximum Gasteiger partial charge on any atom is 0.261 e. The van der Waals surface area contributed by atoms with E-state index in [1.54, 1.807) is 18.2 Å². The zero-order chi connectivity index (χ0) is 18.7. The first-order valence-electron chi connectivity index (χ1n) is 8.28. The Bertz CT molecular complexity index is 958. The molecule has 0 aliphatic heterocycles. The molecule has 1 amide bonds. The molecule has 0 radical (unpaired) electrons. The number of benzene rings is 2. The second-order valence-corrected chi connectivity index (χ2v) is 8.00. The number of aryl methyl sites for hydroxylation is 1. The van der Waals surface area contributed by atoms with Crippen molar-refractivity contribution >= 4 is 21.6 Å². The van der Waals surface area contributed by atoms with Crippen molar-refractivity contribution in [2.45, 2.75) is 30.7 Å². The first kappa shape index (κ1) is 18.0. The number of hydrogen-bond acceptors (Lipinski definition) is 4. The Morgan fingerprint density at radius 3 is 2.54 bits per heavy atom. The number of amides is 1. The highest BCUT2D eigenvalue weighted by Gasteiger charge is 2.33. The topological polar surface area (TPSA) is 90.3 Å². The van der Waals surface area contributed by atoms with E-state index in [1.807, 2.05) is 25.1 Å². The Morgan fingerprint density at radius 1 is 1.23 bits per heavy atom. The largest absolute Gasteiger partial charge is 0.322 e. The number of nitriles is 1. The summed E-state index contributed by atoms with van der Waals surface area (Å²) in [6.45, 7) is 1.92. The van der Waals surface area contributed by atoms with E-state index in [-0.39, 0.29) is 29.0 Å². The normalized spacial score (nSPS) is 13.7. The van der Waals surface area contributed by atoms with Crippen molar-refractivity contribution < 1.29 is 13.2 Å². The van der Waals surface area contributed by atoms with Crippen molar-refractivity contribution in [1.82, 2.24) is 4.90 Å². The summed E-state index contributed by atoms with van der Waals surface area (Å²) >= 11 is 0. The van der Waals surface area contributed by atoms with Crippen LogP contribution in [0.2, 0.25) is 0 Å². The van der Waals surface area contributed by atoms with E-state index in [0.29, 0.717) is 5.69 Å². The van der Waals surface area contributed by atoms with Gasteiger partial charge in [0.1, 0.15) is 6.54 Å². The smallest absolute Gasteiger partial charge is 0.261 e. The van der Waals surface area contributed by atoms with Gasteiger partial charge >= 0.3 is 0 Å². The van der Waals surface area contributed by atoms with E-state index < -0.39 is 10.0 Å². The third-order valence-corrected chi connectivity index (χ3v) is 5.56. The second-order valence-electron chi connectivity index (χ2n) is 6.32. The number of sulfonamides is 1. The Balaban J connectivity index is 1.84. The highest BCUT2D eigenvalue weighted by Crippen LogP contribution is 2.28. The van der Waals surface area contributed by atoms with Crippen LogP contribution in [0, 0.1) is 18.3 Å². The Hall–Kier alpha value is -2.85. The molecule has 1 aliphatic carbocycles. The van der Waals surface area contributed by atoms with Crippen molar-refractivity contribution in [3.63, 3.8) is 0 Å². The minimum Gasteiger partial charge on any atom is -0.322 e. The van der Waals surface area contributed by atoms with Gasteiger partial charge in [0.2, 0.25) is 0 Å². The fraction of sp³-hybridized carbons (Fsp3) is 0.263. The lowest BCUT2D eigenvalue weighted by Gasteiger charge is -2.19. The third kappa shape index (κ3) is 4.03. The molecule has 0 spiro atoms. The van der Waals surface area contributed by atoms with E-state index in [0.717, 1.165) is 18.4 Å². The summed E-state index contributed by atoms with van der Waals surface area (Å²) in [4.78, 5) is 14.2. The lowest BCUT2D eigenvalue weighted by atomic mass is 10.2. The zero-order valence-corrected chi connectivity index (χ0v) is 15.2. The summed E-state index contributed by atoms with van der Waals surface area (Å²) in [6.07, 6.45) is 1.75. The molecule has 2 aromatic rings. The molecule has 6 nitrogen and oxygen atoms in total. The number of carbonyl (C=O) groups is 1. The molecule has 0 heterocycles. The molecule has 0 atom stereocenters. The lowest BCUT2D eigenvalue weighted by molar-refractivity contribution is 0.0764. The van der Waals surface area contributed by atoms with Crippen LogP contribution in [0.4, 0.5) is 5.69 Å². The van der Waals surface area contributed by atoms with Gasteiger partial charge in [-0.2, -0.15) is 5.26 Å². The SMILES string of the molecule is Cc1ccc(NS(=O)(=O)c2cccc(C(=O)N(CC#N)C3CC3)c2)cc1. The van der Waals surface area contributed by atoms with Gasteiger partial charge in [0, 0.05) is 17.3 Å². The Labute approximate surface area is 153 Å². The van der Waals surface area contributed by atoms with Crippen LogP contribution < -0.4 is 4.72 Å². The number of rotatable bonds is 6. The molecule has 0 bridgehead atoms. The highest BCUT2D eigenvalue weighted by molar-refractivity contribution is 7.92. The van der Waals surface area contributed by atoms with E-state index >= 15 is 0 Å². The van der Waals surface area contributed by atoms with Crippen LogP contribution in [0.1, 0.15) is 28.8 Å². The average Bonchev–Trinajstić information content (AvgIpc) is 3.46. The van der Waals surface area contributed by atoms with Gasteiger partial charge in [-0.05, 0) is 50.1 Å². The maximum atomic E-state index is 12.7. The van der Waals surface area contributed by atoms with E-state index in [2.05, 4.69) is 4.72 Å². The average molecular weight is 369 g/mol. The standard InChI is InChI=1S/C19H19N3O3S/c1-14-5-7-16(8-6-14)21-26(24,25)18-4-2-3-15(13-18)19(23)22(12-11-20)17-9-10-17/h2-8,13,17,21H,9-10,12H2,1H3. The molecule has 7 heteroatoms. The van der Waals surface area contributed by atoms with Gasteiger partial charge in [0.05, 0.1) is 11.0 Å². The van der Waals surface area contributed by atoms with Crippen molar-refractivity contribution in [1.29, 1.82) is 5.26 Å². The van der Waals surface area contributed by atoms with E-state index in [9.17, 15) is 13.2 Å². The fourth-order valence-corrected chi connectivity index (χ4v) is 3.73. The Kier molecular flexibility index (Phi) is 4.96. The highest BCUT2D eigenvalue weighted by atomic mass is 32.2. The monoisotopic (exact) mass is 369 g/mol. The van der Waals surface area contributed by atoms with Crippen LogP contribution in [0.5, 0.6) is 0 Å². The molecule has 1 N–H and O–H groups in total. The summed E-state index contributed by atoms with van der Waals surface area (Å²) in [6, 6.07) is 15.0. The van der Waals surface area contributed by atoms with Crippen LogP contribution >= 0.6 is 0 Å². The second kappa shape index (κ2) is 7.18. The first-order chi connectivity index (χ1) is 12.4. The Morgan fingerprint density at radius 2 is 1.92 bits per heavy atom. The molecule has 26 heavy (non-hydrogen) atoms. The van der Waals surface area contributed by atoms with Gasteiger partial charge in [-0.15, -0.1) is 0 Å². The van der Waals surface area contributed by atoms with Crippen molar-refractivity contribution in [2.24, 2.45) is 0 Å². The third-order valence-electron chi connectivity index (χ3n) is 4.18. The van der Waals surface area contributed by atoms with Gasteiger partial charge in [0.15, 0.2) is 0 Å². The number of hydrogen-bond donors (Lipinski definition) is 1. The maximum absolute atomic E-state index is 12.7. The molecular weight excluding hydrogens is 350 g/mol. The summed E-state index contributed by atoms with van der Waals surface area (Å²) in [5, 5.41) is 8.93. The molecule has 0 saturated heterocycles. The molecular formula is C19H19N3O3S. The molecule has 1 fully saturated rings. The summed E-state index contributed by atoms with van der Waals surface area (Å²) in [7, 11) is -3.81. The van der Waals surface area contributed by atoms with Crippen LogP contribution in [-0.2, 0) is 10.0 Å². The van der Waals surface area contributed by atoms with Crippen molar-refractivity contribution in [3.8, 4) is 6.07 Å². The lowest BCUT2D eigenvalue weighted by Crippen LogP contribution is -2.33. The predicted octanol–water partition coefficient (Wildman–Crippen LogP) is 2.92. The van der Waals surface area contributed by atoms with Crippen LogP contribution in [-0.4, -0.2) is 31.8 Å². The molecule has 1 aliphatic rings. The predicted molar refractivity (Wildman–Crippen MR) is 98.1 cm³/mol. The van der Waals surface area contributed by atoms with Gasteiger partial charge in [-0.1, -0.05) is 23.8 Å². The molecule has 2 aromatic carbocycles. The fourth-order valence-electron chi connectivity index (χ4n) is 2.63. The van der Waals surface area contributed by atoms with E-state index in [1.165, 1.54) is 23.1 Å². The van der Waals surface area contributed by atoms with Crippen LogP contribution in [0.3, 0.4) is 0 Å². The summed E-state index contributed by atoms with van der Waals surface area (Å²) in [5.74, 6) is -0.318. The van der Waals surface area contributed by atoms with Gasteiger partial charge in [0.25, 0.3) is 15.9 Å². The summed E-state index contributed by atoms with van der Waals surface area (Å²) < 4.78 is 27.7. The molecule has 3 rings (SSSR count). The van der Waals surface area contributed by atoms with Crippen molar-refractivity contribution in [2.75, 3.05) is 11.3 Å². The number of nitrogens with one attached hydrogen (secondary N) is 1. The quantitative estimate of drug-likeness (QED) is 0.793. The van der Waals surface area contributed by atoms with Gasteiger partial charge < -0.3 is 4.90 Å². The zero-order valence-electron chi connectivity index (χ0n) is 14.3. The molecule has 0 aromatic heterocycles. The van der Waals surface area contributed by atoms with Gasteiger partial charge in [-0.25, -0.2) is 8.42 Å². The number of anilines is 1. The van der Waals surface area contributed by atoms with Crippen LogP contribution in [0.15, 0.2) is 53.4 Å². The van der Waals surface area contributed by atoms with Crippen LogP contribution in [0.25, 0.3) is 0 Å².